The molecule has 3 rings (SSSR count). The lowest BCUT2D eigenvalue weighted by Crippen LogP contribution is -2.42. The van der Waals surface area contributed by atoms with Crippen LogP contribution in [0.4, 0.5) is 0 Å². The lowest BCUT2D eigenvalue weighted by molar-refractivity contribution is 0.0724. The molecule has 0 spiro atoms. The molecule has 0 aliphatic heterocycles. The topological polar surface area (TPSA) is 35.2 Å². The molecule has 17 heavy (non-hydrogen) atoms. The summed E-state index contributed by atoms with van der Waals surface area (Å²) in [5.74, 6) is 0.608. The van der Waals surface area contributed by atoms with E-state index in [1.54, 1.807) is 0 Å². The molecule has 1 unspecified atom stereocenters. The van der Waals surface area contributed by atoms with Gasteiger partial charge in [-0.15, -0.1) is 0 Å². The molecule has 2 aliphatic rings. The molecule has 92 valence electrons. The lowest BCUT2D eigenvalue weighted by atomic mass is 9.78. The van der Waals surface area contributed by atoms with Crippen molar-refractivity contribution in [2.45, 2.75) is 43.6 Å². The van der Waals surface area contributed by atoms with Gasteiger partial charge in [-0.3, -0.25) is 0 Å². The van der Waals surface area contributed by atoms with Crippen molar-refractivity contribution in [2.75, 3.05) is 13.2 Å². The molecule has 1 saturated carbocycles. The highest BCUT2D eigenvalue weighted by atomic mass is 16.5. The lowest BCUT2D eigenvalue weighted by Gasteiger charge is -2.31. The Hall–Kier alpha value is -0.860. The molecular weight excluding hydrogens is 210 g/mol. The highest BCUT2D eigenvalue weighted by Crippen LogP contribution is 2.35. The van der Waals surface area contributed by atoms with Gasteiger partial charge < -0.3 is 10.5 Å². The maximum Gasteiger partial charge on any atom is 0.0646 e. The van der Waals surface area contributed by atoms with E-state index in [0.717, 1.165) is 26.1 Å². The molecule has 2 aliphatic carbocycles. The highest BCUT2D eigenvalue weighted by Gasteiger charge is 2.31. The van der Waals surface area contributed by atoms with Crippen LogP contribution in [0.2, 0.25) is 0 Å². The number of nitrogens with two attached hydrogens (primary N) is 1. The van der Waals surface area contributed by atoms with Crippen LogP contribution >= 0.6 is 0 Å². The zero-order valence-electron chi connectivity index (χ0n) is 10.3. The zero-order valence-corrected chi connectivity index (χ0v) is 10.3. The van der Waals surface area contributed by atoms with Crippen LogP contribution in [0.15, 0.2) is 24.3 Å². The van der Waals surface area contributed by atoms with Gasteiger partial charge in [0.2, 0.25) is 0 Å². The fourth-order valence-corrected chi connectivity index (χ4v) is 3.14. The minimum absolute atomic E-state index is 0.0245. The van der Waals surface area contributed by atoms with Crippen LogP contribution in [0, 0.1) is 0 Å². The van der Waals surface area contributed by atoms with E-state index in [2.05, 4.69) is 24.3 Å². The van der Waals surface area contributed by atoms with Gasteiger partial charge in [0.05, 0.1) is 13.2 Å². The largest absolute Gasteiger partial charge is 0.379 e. The van der Waals surface area contributed by atoms with E-state index < -0.39 is 0 Å². The third-order valence-corrected chi connectivity index (χ3v) is 4.27. The molecule has 0 aromatic heterocycles. The van der Waals surface area contributed by atoms with Crippen molar-refractivity contribution in [1.82, 2.24) is 0 Å². The summed E-state index contributed by atoms with van der Waals surface area (Å²) < 4.78 is 5.86. The van der Waals surface area contributed by atoms with Crippen LogP contribution in [0.5, 0.6) is 0 Å². The molecule has 1 aromatic rings. The van der Waals surface area contributed by atoms with E-state index in [1.807, 2.05) is 0 Å². The molecular formula is C15H21NO. The summed E-state index contributed by atoms with van der Waals surface area (Å²) >= 11 is 0. The fraction of sp³-hybridized carbons (Fsp3) is 0.600. The van der Waals surface area contributed by atoms with Crippen LogP contribution in [0.1, 0.15) is 42.7 Å². The third kappa shape index (κ3) is 2.24. The summed E-state index contributed by atoms with van der Waals surface area (Å²) in [6, 6.07) is 8.67. The zero-order chi connectivity index (χ0) is 11.7. The Labute approximate surface area is 103 Å². The number of hydrogen-bond acceptors (Lipinski definition) is 2. The SMILES string of the molecule is NC1(COCC2Cc3ccccc32)CCCC1. The summed E-state index contributed by atoms with van der Waals surface area (Å²) in [7, 11) is 0. The highest BCUT2D eigenvalue weighted by molar-refractivity contribution is 5.39. The molecule has 0 saturated heterocycles. The molecule has 0 heterocycles. The fourth-order valence-electron chi connectivity index (χ4n) is 3.14. The van der Waals surface area contributed by atoms with Crippen molar-refractivity contribution in [1.29, 1.82) is 0 Å². The van der Waals surface area contributed by atoms with Crippen molar-refractivity contribution in [3.05, 3.63) is 35.4 Å². The molecule has 0 amide bonds. The van der Waals surface area contributed by atoms with Crippen molar-refractivity contribution in [3.8, 4) is 0 Å². The average Bonchev–Trinajstić information content (AvgIpc) is 2.72. The molecule has 2 heteroatoms. The molecule has 1 atom stereocenters. The van der Waals surface area contributed by atoms with Crippen molar-refractivity contribution in [3.63, 3.8) is 0 Å². The second-order valence-corrected chi connectivity index (χ2v) is 5.68. The second-order valence-electron chi connectivity index (χ2n) is 5.68. The second kappa shape index (κ2) is 4.43. The first-order valence-electron chi connectivity index (χ1n) is 6.71. The first-order chi connectivity index (χ1) is 8.27. The van der Waals surface area contributed by atoms with Crippen molar-refractivity contribution in [2.24, 2.45) is 5.73 Å². The van der Waals surface area contributed by atoms with Crippen LogP contribution in [0.3, 0.4) is 0 Å². The maximum atomic E-state index is 6.27. The van der Waals surface area contributed by atoms with Gasteiger partial charge in [-0.2, -0.15) is 0 Å². The van der Waals surface area contributed by atoms with E-state index in [1.165, 1.54) is 30.4 Å². The third-order valence-electron chi connectivity index (χ3n) is 4.27. The van der Waals surface area contributed by atoms with Gasteiger partial charge in [0.15, 0.2) is 0 Å². The van der Waals surface area contributed by atoms with Gasteiger partial charge in [-0.25, -0.2) is 0 Å². The molecule has 2 nitrogen and oxygen atoms in total. The minimum Gasteiger partial charge on any atom is -0.379 e. The maximum absolute atomic E-state index is 6.27. The predicted molar refractivity (Wildman–Crippen MR) is 69.1 cm³/mol. The monoisotopic (exact) mass is 231 g/mol. The number of hydrogen-bond donors (Lipinski definition) is 1. The van der Waals surface area contributed by atoms with Gasteiger partial charge >= 0.3 is 0 Å². The van der Waals surface area contributed by atoms with Crippen molar-refractivity contribution < 1.29 is 4.74 Å². The van der Waals surface area contributed by atoms with E-state index >= 15 is 0 Å². The van der Waals surface area contributed by atoms with Gasteiger partial charge in [-0.1, -0.05) is 37.1 Å². The first-order valence-corrected chi connectivity index (χ1v) is 6.71. The summed E-state index contributed by atoms with van der Waals surface area (Å²) in [6.45, 7) is 1.58. The van der Waals surface area contributed by atoms with Crippen LogP contribution in [-0.2, 0) is 11.2 Å². The van der Waals surface area contributed by atoms with Crippen LogP contribution in [-0.4, -0.2) is 18.8 Å². The van der Waals surface area contributed by atoms with E-state index in [-0.39, 0.29) is 5.54 Å². The number of rotatable bonds is 4. The number of ether oxygens (including phenoxy) is 1. The van der Waals surface area contributed by atoms with Gasteiger partial charge in [-0.05, 0) is 30.4 Å². The van der Waals surface area contributed by atoms with E-state index in [9.17, 15) is 0 Å². The summed E-state index contributed by atoms with van der Waals surface area (Å²) in [6.07, 6.45) is 5.98. The normalized spacial score (nSPS) is 25.4. The molecule has 1 aromatic carbocycles. The number of fused-ring (bicyclic) bond motifs is 1. The molecule has 0 bridgehead atoms. The summed E-state index contributed by atoms with van der Waals surface area (Å²) in [5.41, 5.74) is 9.22. The Morgan fingerprint density at radius 1 is 1.24 bits per heavy atom. The predicted octanol–water partition coefficient (Wildman–Crippen LogP) is 2.61. The van der Waals surface area contributed by atoms with Gasteiger partial charge in [0.25, 0.3) is 0 Å². The smallest absolute Gasteiger partial charge is 0.0646 e. The molecule has 2 N–H and O–H groups in total. The molecule has 0 radical (unpaired) electrons. The minimum atomic E-state index is -0.0245. The van der Waals surface area contributed by atoms with Crippen molar-refractivity contribution >= 4 is 0 Å². The summed E-state index contributed by atoms with van der Waals surface area (Å²) in [4.78, 5) is 0. The molecule has 1 fully saturated rings. The Morgan fingerprint density at radius 3 is 2.76 bits per heavy atom. The van der Waals surface area contributed by atoms with Gasteiger partial charge in [0.1, 0.15) is 0 Å². The van der Waals surface area contributed by atoms with E-state index in [4.69, 9.17) is 10.5 Å². The Kier molecular flexibility index (Phi) is 2.93. The average molecular weight is 231 g/mol. The van der Waals surface area contributed by atoms with E-state index in [0.29, 0.717) is 5.92 Å². The number of benzene rings is 1. The Balaban J connectivity index is 1.48. The first kappa shape index (κ1) is 11.2. The van der Waals surface area contributed by atoms with Crippen LogP contribution < -0.4 is 5.73 Å². The quantitative estimate of drug-likeness (QED) is 0.864. The standard InChI is InChI=1S/C15H21NO/c16-15(7-3-4-8-15)11-17-10-13-9-12-5-1-2-6-14(12)13/h1-2,5-6,13H,3-4,7-11,16H2. The Morgan fingerprint density at radius 2 is 2.00 bits per heavy atom. The van der Waals surface area contributed by atoms with Crippen LogP contribution in [0.25, 0.3) is 0 Å². The summed E-state index contributed by atoms with van der Waals surface area (Å²) in [5, 5.41) is 0. The van der Waals surface area contributed by atoms with Gasteiger partial charge in [0, 0.05) is 11.5 Å². The Bertz CT molecular complexity index is 396.